The number of likely N-dealkylation sites (tertiary alicyclic amines) is 2. The Balaban J connectivity index is 1.62. The van der Waals surface area contributed by atoms with Crippen LogP contribution in [0.15, 0.2) is 12.4 Å². The number of hydrogen-bond acceptors (Lipinski definition) is 6. The van der Waals surface area contributed by atoms with Crippen molar-refractivity contribution in [1.82, 2.24) is 19.8 Å². The van der Waals surface area contributed by atoms with Gasteiger partial charge in [-0.1, -0.05) is 0 Å². The maximum atomic E-state index is 13.0. The van der Waals surface area contributed by atoms with Crippen LogP contribution < -0.4 is 4.74 Å². The van der Waals surface area contributed by atoms with Crippen LogP contribution in [0.5, 0.6) is 5.75 Å². The molecule has 0 bridgehead atoms. The minimum Gasteiger partial charge on any atom is -0.494 e. The number of piperidine rings is 2. The molecule has 1 aromatic heterocycles. The first-order valence-electron chi connectivity index (χ1n) is 9.03. The van der Waals surface area contributed by atoms with Crippen LogP contribution in [0, 0.1) is 5.41 Å². The van der Waals surface area contributed by atoms with Crippen LogP contribution in [0.2, 0.25) is 0 Å². The number of aromatic nitrogens is 2. The smallest absolute Gasteiger partial charge is 0.291 e. The number of rotatable bonds is 5. The molecule has 0 aliphatic carbocycles. The first-order chi connectivity index (χ1) is 12.6. The van der Waals surface area contributed by atoms with E-state index >= 15 is 0 Å². The van der Waals surface area contributed by atoms with Crippen molar-refractivity contribution in [2.75, 3.05) is 47.0 Å². The van der Waals surface area contributed by atoms with E-state index in [1.165, 1.54) is 19.5 Å². The van der Waals surface area contributed by atoms with E-state index in [2.05, 4.69) is 9.97 Å². The highest BCUT2D eigenvalue weighted by Crippen LogP contribution is 2.41. The standard InChI is InChI=1S/C18H26N4O4/c1-25-11-10-22-7-3-4-18(17(22)24)5-8-21(9-6-18)16(23)15-19-12-14(26-2)13-20-15/h12-13H,3-11H2,1-2H3. The van der Waals surface area contributed by atoms with Crippen molar-refractivity contribution in [1.29, 1.82) is 0 Å². The lowest BCUT2D eigenvalue weighted by Gasteiger charge is -2.46. The van der Waals surface area contributed by atoms with Gasteiger partial charge >= 0.3 is 0 Å². The molecular formula is C18H26N4O4. The summed E-state index contributed by atoms with van der Waals surface area (Å²) in [5, 5.41) is 0. The number of carbonyl (C=O) groups excluding carboxylic acids is 2. The number of carbonyl (C=O) groups is 2. The Morgan fingerprint density at radius 2 is 1.85 bits per heavy atom. The molecule has 3 heterocycles. The first-order valence-corrected chi connectivity index (χ1v) is 9.03. The molecule has 2 amide bonds. The molecule has 8 heteroatoms. The topological polar surface area (TPSA) is 84.9 Å². The predicted octanol–water partition coefficient (Wildman–Crippen LogP) is 0.976. The molecule has 1 spiro atoms. The molecule has 3 rings (SSSR count). The summed E-state index contributed by atoms with van der Waals surface area (Å²) in [4.78, 5) is 37.4. The SMILES string of the molecule is COCCN1CCCC2(CCN(C(=O)c3ncc(OC)cn3)CC2)C1=O. The number of ether oxygens (including phenoxy) is 2. The van der Waals surface area contributed by atoms with E-state index in [0.717, 1.165) is 19.4 Å². The van der Waals surface area contributed by atoms with Crippen molar-refractivity contribution < 1.29 is 19.1 Å². The lowest BCUT2D eigenvalue weighted by atomic mass is 9.71. The minimum absolute atomic E-state index is 0.165. The fourth-order valence-corrected chi connectivity index (χ4v) is 3.84. The molecule has 2 aliphatic heterocycles. The Morgan fingerprint density at radius 1 is 1.15 bits per heavy atom. The van der Waals surface area contributed by atoms with Crippen molar-refractivity contribution in [3.05, 3.63) is 18.2 Å². The lowest BCUT2D eigenvalue weighted by Crippen LogP contribution is -2.55. The van der Waals surface area contributed by atoms with Crippen LogP contribution in [0.4, 0.5) is 0 Å². The molecule has 0 N–H and O–H groups in total. The van der Waals surface area contributed by atoms with Gasteiger partial charge in [0.2, 0.25) is 11.7 Å². The molecule has 0 aromatic carbocycles. The van der Waals surface area contributed by atoms with Gasteiger partial charge in [0, 0.05) is 33.3 Å². The van der Waals surface area contributed by atoms with E-state index < -0.39 is 0 Å². The van der Waals surface area contributed by atoms with E-state index in [0.29, 0.717) is 44.8 Å². The number of hydrogen-bond donors (Lipinski definition) is 0. The lowest BCUT2D eigenvalue weighted by molar-refractivity contribution is -0.150. The molecule has 0 saturated carbocycles. The van der Waals surface area contributed by atoms with Gasteiger partial charge in [0.25, 0.3) is 5.91 Å². The van der Waals surface area contributed by atoms with Crippen LogP contribution in [0.1, 0.15) is 36.3 Å². The molecule has 26 heavy (non-hydrogen) atoms. The monoisotopic (exact) mass is 362 g/mol. The van der Waals surface area contributed by atoms with Crippen molar-refractivity contribution in [2.24, 2.45) is 5.41 Å². The molecule has 2 fully saturated rings. The molecule has 0 unspecified atom stereocenters. The molecule has 2 aliphatic rings. The molecule has 0 atom stereocenters. The fraction of sp³-hybridized carbons (Fsp3) is 0.667. The summed E-state index contributed by atoms with van der Waals surface area (Å²) in [5.74, 6) is 0.706. The Labute approximate surface area is 153 Å². The average molecular weight is 362 g/mol. The van der Waals surface area contributed by atoms with Gasteiger partial charge in [0.1, 0.15) is 0 Å². The molecule has 8 nitrogen and oxygen atoms in total. The summed E-state index contributed by atoms with van der Waals surface area (Å²) in [6, 6.07) is 0. The van der Waals surface area contributed by atoms with E-state index in [4.69, 9.17) is 9.47 Å². The van der Waals surface area contributed by atoms with Gasteiger partial charge in [0.15, 0.2) is 5.75 Å². The van der Waals surface area contributed by atoms with E-state index in [1.807, 2.05) is 4.90 Å². The zero-order valence-electron chi connectivity index (χ0n) is 15.4. The van der Waals surface area contributed by atoms with Gasteiger partial charge in [-0.15, -0.1) is 0 Å². The van der Waals surface area contributed by atoms with E-state index in [-0.39, 0.29) is 23.1 Å². The van der Waals surface area contributed by atoms with Crippen LogP contribution in [-0.2, 0) is 9.53 Å². The Kier molecular flexibility index (Phi) is 5.70. The van der Waals surface area contributed by atoms with E-state index in [9.17, 15) is 9.59 Å². The van der Waals surface area contributed by atoms with Gasteiger partial charge < -0.3 is 19.3 Å². The summed E-state index contributed by atoms with van der Waals surface area (Å²) in [7, 11) is 3.18. The predicted molar refractivity (Wildman–Crippen MR) is 93.8 cm³/mol. The molecule has 0 radical (unpaired) electrons. The summed E-state index contributed by atoms with van der Waals surface area (Å²) in [6.45, 7) is 3.10. The van der Waals surface area contributed by atoms with Crippen LogP contribution >= 0.6 is 0 Å². The zero-order chi connectivity index (χ0) is 18.6. The Bertz CT molecular complexity index is 641. The molecular weight excluding hydrogens is 336 g/mol. The second-order valence-corrected chi connectivity index (χ2v) is 6.91. The van der Waals surface area contributed by atoms with Crippen molar-refractivity contribution >= 4 is 11.8 Å². The van der Waals surface area contributed by atoms with Gasteiger partial charge in [-0.25, -0.2) is 9.97 Å². The van der Waals surface area contributed by atoms with Crippen molar-refractivity contribution in [3.8, 4) is 5.75 Å². The second kappa shape index (κ2) is 7.99. The van der Waals surface area contributed by atoms with Gasteiger partial charge in [-0.05, 0) is 25.7 Å². The highest BCUT2D eigenvalue weighted by atomic mass is 16.5. The van der Waals surface area contributed by atoms with E-state index in [1.54, 1.807) is 12.0 Å². The normalized spacial score (nSPS) is 19.7. The summed E-state index contributed by atoms with van der Waals surface area (Å²) in [5.41, 5.74) is -0.330. The summed E-state index contributed by atoms with van der Waals surface area (Å²) < 4.78 is 10.1. The minimum atomic E-state index is -0.330. The van der Waals surface area contributed by atoms with Gasteiger partial charge in [0.05, 0.1) is 31.5 Å². The van der Waals surface area contributed by atoms with Crippen LogP contribution in [0.25, 0.3) is 0 Å². The fourth-order valence-electron chi connectivity index (χ4n) is 3.84. The Morgan fingerprint density at radius 3 is 2.46 bits per heavy atom. The van der Waals surface area contributed by atoms with Crippen molar-refractivity contribution in [3.63, 3.8) is 0 Å². The molecule has 2 saturated heterocycles. The quantitative estimate of drug-likeness (QED) is 0.776. The third kappa shape index (κ3) is 3.65. The summed E-state index contributed by atoms with van der Waals surface area (Å²) in [6.07, 6.45) is 6.27. The van der Waals surface area contributed by atoms with Gasteiger partial charge in [-0.3, -0.25) is 9.59 Å². The third-order valence-electron chi connectivity index (χ3n) is 5.45. The third-order valence-corrected chi connectivity index (χ3v) is 5.45. The maximum absolute atomic E-state index is 13.0. The zero-order valence-corrected chi connectivity index (χ0v) is 15.4. The Hall–Kier alpha value is -2.22. The largest absolute Gasteiger partial charge is 0.494 e. The van der Waals surface area contributed by atoms with Crippen LogP contribution in [-0.4, -0.2) is 78.6 Å². The van der Waals surface area contributed by atoms with Crippen LogP contribution in [0.3, 0.4) is 0 Å². The number of nitrogens with zero attached hydrogens (tertiary/aromatic N) is 4. The average Bonchev–Trinajstić information content (AvgIpc) is 2.69. The molecule has 1 aromatic rings. The second-order valence-electron chi connectivity index (χ2n) is 6.91. The molecule has 142 valence electrons. The number of methoxy groups -OCH3 is 2. The number of amides is 2. The highest BCUT2D eigenvalue weighted by molar-refractivity contribution is 5.91. The first kappa shape index (κ1) is 18.6. The maximum Gasteiger partial charge on any atom is 0.291 e. The highest BCUT2D eigenvalue weighted by Gasteiger charge is 2.46. The summed E-state index contributed by atoms with van der Waals surface area (Å²) >= 11 is 0. The van der Waals surface area contributed by atoms with Gasteiger partial charge in [-0.2, -0.15) is 0 Å². The van der Waals surface area contributed by atoms with Crippen molar-refractivity contribution in [2.45, 2.75) is 25.7 Å².